The third-order valence-electron chi connectivity index (χ3n) is 4.61. The summed E-state index contributed by atoms with van der Waals surface area (Å²) in [7, 11) is 0. The Hall–Kier alpha value is -1.31. The molecule has 0 aliphatic heterocycles. The molecule has 0 spiro atoms. The highest BCUT2D eigenvalue weighted by molar-refractivity contribution is 5.80. The summed E-state index contributed by atoms with van der Waals surface area (Å²) < 4.78 is 0. The van der Waals surface area contributed by atoms with Crippen molar-refractivity contribution in [1.29, 1.82) is 0 Å². The van der Waals surface area contributed by atoms with Gasteiger partial charge in [-0.3, -0.25) is 4.79 Å². The van der Waals surface area contributed by atoms with Crippen LogP contribution in [0, 0.1) is 0 Å². The Morgan fingerprint density at radius 2 is 2.10 bits per heavy atom. The highest BCUT2D eigenvalue weighted by Crippen LogP contribution is 2.38. The molecule has 0 saturated heterocycles. The summed E-state index contributed by atoms with van der Waals surface area (Å²) in [4.78, 5) is 11.6. The zero-order valence-corrected chi connectivity index (χ0v) is 12.9. The van der Waals surface area contributed by atoms with Crippen molar-refractivity contribution in [2.45, 2.75) is 70.6 Å². The number of phenols is 1. The predicted octanol–water partition coefficient (Wildman–Crippen LogP) is 4.70. The molecular weight excluding hydrogens is 248 g/mol. The number of rotatable bonds is 4. The van der Waals surface area contributed by atoms with E-state index in [9.17, 15) is 9.90 Å². The molecule has 1 aliphatic rings. The molecule has 1 unspecified atom stereocenters. The average molecular weight is 274 g/mol. The standard InChI is InChI=1S/C18H26O2/c1-4-10-18(2,3)14-8-9-16(17(20)12-14)13-6-5-7-15(19)11-13/h8-9,12-13,20H,4-7,10-11H2,1-3H3. The van der Waals surface area contributed by atoms with Gasteiger partial charge in [-0.2, -0.15) is 0 Å². The van der Waals surface area contributed by atoms with Gasteiger partial charge in [-0.15, -0.1) is 0 Å². The van der Waals surface area contributed by atoms with Crippen LogP contribution in [0.15, 0.2) is 18.2 Å². The lowest BCUT2D eigenvalue weighted by Crippen LogP contribution is -2.17. The van der Waals surface area contributed by atoms with Gasteiger partial charge in [0.1, 0.15) is 11.5 Å². The molecule has 0 amide bonds. The summed E-state index contributed by atoms with van der Waals surface area (Å²) in [5.41, 5.74) is 2.23. The third kappa shape index (κ3) is 3.23. The van der Waals surface area contributed by atoms with Crippen LogP contribution in [0.1, 0.15) is 76.3 Å². The monoisotopic (exact) mass is 274 g/mol. The van der Waals surface area contributed by atoms with Crippen molar-refractivity contribution in [3.63, 3.8) is 0 Å². The Balaban J connectivity index is 2.23. The van der Waals surface area contributed by atoms with Gasteiger partial charge in [0.05, 0.1) is 0 Å². The molecule has 2 nitrogen and oxygen atoms in total. The van der Waals surface area contributed by atoms with Gasteiger partial charge in [-0.25, -0.2) is 0 Å². The van der Waals surface area contributed by atoms with Crippen molar-refractivity contribution >= 4 is 5.78 Å². The molecule has 1 atom stereocenters. The fourth-order valence-electron chi connectivity index (χ4n) is 3.37. The van der Waals surface area contributed by atoms with E-state index < -0.39 is 0 Å². The van der Waals surface area contributed by atoms with Gasteiger partial charge in [0.25, 0.3) is 0 Å². The second-order valence-electron chi connectivity index (χ2n) is 6.74. The van der Waals surface area contributed by atoms with Crippen molar-refractivity contribution < 1.29 is 9.90 Å². The molecular formula is C18H26O2. The fraction of sp³-hybridized carbons (Fsp3) is 0.611. The Morgan fingerprint density at radius 1 is 1.35 bits per heavy atom. The quantitative estimate of drug-likeness (QED) is 0.864. The molecule has 110 valence electrons. The number of carbonyl (C=O) groups is 1. The summed E-state index contributed by atoms with van der Waals surface area (Å²) >= 11 is 0. The lowest BCUT2D eigenvalue weighted by atomic mass is 9.78. The number of hydrogen-bond donors (Lipinski definition) is 1. The Morgan fingerprint density at radius 3 is 2.70 bits per heavy atom. The molecule has 1 aliphatic carbocycles. The molecule has 0 heterocycles. The lowest BCUT2D eigenvalue weighted by Gasteiger charge is -2.27. The van der Waals surface area contributed by atoms with Gasteiger partial charge < -0.3 is 5.11 Å². The van der Waals surface area contributed by atoms with Gasteiger partial charge in [0, 0.05) is 12.8 Å². The number of benzene rings is 1. The molecule has 20 heavy (non-hydrogen) atoms. The van der Waals surface area contributed by atoms with Crippen LogP contribution in [0.3, 0.4) is 0 Å². The Bertz CT molecular complexity index is 488. The minimum atomic E-state index is 0.0904. The van der Waals surface area contributed by atoms with Crippen molar-refractivity contribution in [1.82, 2.24) is 0 Å². The number of Topliss-reactive ketones (excluding diaryl/α,β-unsaturated/α-hetero) is 1. The number of ketones is 1. The Labute approximate surface area is 122 Å². The van der Waals surface area contributed by atoms with Crippen LogP contribution in [0.25, 0.3) is 0 Å². The molecule has 1 N–H and O–H groups in total. The van der Waals surface area contributed by atoms with Crippen molar-refractivity contribution in [2.24, 2.45) is 0 Å². The fourth-order valence-corrected chi connectivity index (χ4v) is 3.37. The van der Waals surface area contributed by atoms with Crippen LogP contribution < -0.4 is 0 Å². The van der Waals surface area contributed by atoms with Crippen LogP contribution in [0.4, 0.5) is 0 Å². The molecule has 1 saturated carbocycles. The van der Waals surface area contributed by atoms with E-state index in [4.69, 9.17) is 0 Å². The summed E-state index contributed by atoms with van der Waals surface area (Å²) in [6.07, 6.45) is 5.49. The van der Waals surface area contributed by atoms with Gasteiger partial charge in [-0.1, -0.05) is 39.3 Å². The third-order valence-corrected chi connectivity index (χ3v) is 4.61. The van der Waals surface area contributed by atoms with Crippen molar-refractivity contribution in [3.05, 3.63) is 29.3 Å². The van der Waals surface area contributed by atoms with E-state index >= 15 is 0 Å². The molecule has 2 rings (SSSR count). The van der Waals surface area contributed by atoms with Crippen molar-refractivity contribution in [2.75, 3.05) is 0 Å². The molecule has 0 radical (unpaired) electrons. The highest BCUT2D eigenvalue weighted by Gasteiger charge is 2.25. The van der Waals surface area contributed by atoms with Gasteiger partial charge in [0.2, 0.25) is 0 Å². The van der Waals surface area contributed by atoms with E-state index in [1.54, 1.807) is 0 Å². The van der Waals surface area contributed by atoms with Crippen LogP contribution in [0.2, 0.25) is 0 Å². The van der Waals surface area contributed by atoms with E-state index in [1.165, 1.54) is 5.56 Å². The Kier molecular flexibility index (Phi) is 4.52. The summed E-state index contributed by atoms with van der Waals surface area (Å²) in [5, 5.41) is 10.4. The maximum absolute atomic E-state index is 11.6. The maximum atomic E-state index is 11.6. The van der Waals surface area contributed by atoms with Crippen LogP contribution in [-0.2, 0) is 10.2 Å². The highest BCUT2D eigenvalue weighted by atomic mass is 16.3. The summed E-state index contributed by atoms with van der Waals surface area (Å²) in [6, 6.07) is 6.07. The normalized spacial score (nSPS) is 20.1. The van der Waals surface area contributed by atoms with E-state index in [0.29, 0.717) is 24.4 Å². The van der Waals surface area contributed by atoms with E-state index in [0.717, 1.165) is 31.2 Å². The number of phenolic OH excluding ortho intramolecular Hbond substituents is 1. The van der Waals surface area contributed by atoms with Crippen LogP contribution in [-0.4, -0.2) is 10.9 Å². The van der Waals surface area contributed by atoms with Crippen LogP contribution >= 0.6 is 0 Å². The predicted molar refractivity (Wildman–Crippen MR) is 82.3 cm³/mol. The minimum absolute atomic E-state index is 0.0904. The second kappa shape index (κ2) is 5.99. The summed E-state index contributed by atoms with van der Waals surface area (Å²) in [5.74, 6) is 0.905. The van der Waals surface area contributed by atoms with E-state index in [1.807, 2.05) is 12.1 Å². The topological polar surface area (TPSA) is 37.3 Å². The van der Waals surface area contributed by atoms with Gasteiger partial charge in [-0.05, 0) is 47.8 Å². The molecule has 1 aromatic carbocycles. The molecule has 0 aromatic heterocycles. The second-order valence-corrected chi connectivity index (χ2v) is 6.74. The average Bonchev–Trinajstić information content (AvgIpc) is 2.38. The first-order chi connectivity index (χ1) is 9.44. The maximum Gasteiger partial charge on any atom is 0.133 e. The number of carbonyl (C=O) groups excluding carboxylic acids is 1. The number of hydrogen-bond acceptors (Lipinski definition) is 2. The van der Waals surface area contributed by atoms with E-state index in [2.05, 4.69) is 26.8 Å². The first-order valence-corrected chi connectivity index (χ1v) is 7.79. The summed E-state index contributed by atoms with van der Waals surface area (Å²) in [6.45, 7) is 6.62. The number of aromatic hydroxyl groups is 1. The molecule has 0 bridgehead atoms. The zero-order valence-electron chi connectivity index (χ0n) is 12.9. The molecule has 2 heteroatoms. The van der Waals surface area contributed by atoms with Gasteiger partial charge >= 0.3 is 0 Å². The van der Waals surface area contributed by atoms with Crippen LogP contribution in [0.5, 0.6) is 5.75 Å². The zero-order chi connectivity index (χ0) is 14.8. The SMILES string of the molecule is CCCC(C)(C)c1ccc(C2CCCC(=O)C2)c(O)c1. The smallest absolute Gasteiger partial charge is 0.133 e. The first kappa shape index (κ1) is 15.1. The van der Waals surface area contributed by atoms with Gasteiger partial charge in [0.15, 0.2) is 0 Å². The van der Waals surface area contributed by atoms with E-state index in [-0.39, 0.29) is 11.3 Å². The largest absolute Gasteiger partial charge is 0.508 e. The lowest BCUT2D eigenvalue weighted by molar-refractivity contribution is -0.120. The first-order valence-electron chi connectivity index (χ1n) is 7.79. The molecule has 1 fully saturated rings. The van der Waals surface area contributed by atoms with Crippen molar-refractivity contribution in [3.8, 4) is 5.75 Å². The molecule has 1 aromatic rings. The minimum Gasteiger partial charge on any atom is -0.508 e.